The maximum Gasteiger partial charge on any atom is 0.264 e. The van der Waals surface area contributed by atoms with E-state index in [1.165, 1.54) is 6.33 Å². The van der Waals surface area contributed by atoms with Gasteiger partial charge in [-0.3, -0.25) is 9.89 Å². The van der Waals surface area contributed by atoms with E-state index in [1.807, 2.05) is 29.2 Å². The molecule has 2 aliphatic rings. The molecule has 2 atom stereocenters. The van der Waals surface area contributed by atoms with Gasteiger partial charge in [0.15, 0.2) is 6.10 Å². The third-order valence-electron chi connectivity index (χ3n) is 4.24. The van der Waals surface area contributed by atoms with Gasteiger partial charge in [-0.2, -0.15) is 5.10 Å². The Kier molecular flexibility index (Phi) is 2.87. The van der Waals surface area contributed by atoms with Crippen molar-refractivity contribution >= 4 is 5.91 Å². The summed E-state index contributed by atoms with van der Waals surface area (Å²) in [7, 11) is 0. The second-order valence-electron chi connectivity index (χ2n) is 5.56. The van der Waals surface area contributed by atoms with Crippen LogP contribution < -0.4 is 4.74 Å². The highest BCUT2D eigenvalue weighted by Gasteiger charge is 2.36. The predicted molar refractivity (Wildman–Crippen MR) is 74.9 cm³/mol. The quantitative estimate of drug-likeness (QED) is 0.897. The fraction of sp³-hybridized carbons (Fsp3) is 0.400. The van der Waals surface area contributed by atoms with Crippen molar-refractivity contribution in [3.05, 3.63) is 42.0 Å². The number of aromatic amines is 1. The van der Waals surface area contributed by atoms with Gasteiger partial charge in [0.2, 0.25) is 0 Å². The third kappa shape index (κ3) is 2.16. The Bertz CT molecular complexity index is 630. The average Bonchev–Trinajstić information content (AvgIpc) is 3.24. The normalized spacial score (nSPS) is 23.9. The minimum absolute atomic E-state index is 0.0771. The maximum atomic E-state index is 12.6. The van der Waals surface area contributed by atoms with E-state index >= 15 is 0 Å². The van der Waals surface area contributed by atoms with Gasteiger partial charge < -0.3 is 9.64 Å². The van der Waals surface area contributed by atoms with Crippen LogP contribution in [-0.2, 0) is 11.2 Å². The number of nitrogens with one attached hydrogen (secondary N) is 1. The lowest BCUT2D eigenvalue weighted by molar-refractivity contribution is -0.136. The Balaban J connectivity index is 1.43. The summed E-state index contributed by atoms with van der Waals surface area (Å²) >= 11 is 0. The topological polar surface area (TPSA) is 71.1 Å². The van der Waals surface area contributed by atoms with Crippen molar-refractivity contribution in [2.45, 2.75) is 24.9 Å². The molecule has 1 amide bonds. The molecule has 1 saturated heterocycles. The first-order valence-electron chi connectivity index (χ1n) is 7.20. The molecule has 0 spiro atoms. The molecule has 6 heteroatoms. The summed E-state index contributed by atoms with van der Waals surface area (Å²) < 4.78 is 5.78. The van der Waals surface area contributed by atoms with Gasteiger partial charge in [-0.25, -0.2) is 4.98 Å². The van der Waals surface area contributed by atoms with Crippen molar-refractivity contribution in [3.8, 4) is 5.75 Å². The fourth-order valence-corrected chi connectivity index (χ4v) is 3.12. The van der Waals surface area contributed by atoms with E-state index in [0.29, 0.717) is 13.0 Å². The molecule has 1 N–H and O–H groups in total. The Labute approximate surface area is 122 Å². The first-order valence-corrected chi connectivity index (χ1v) is 7.20. The summed E-state index contributed by atoms with van der Waals surface area (Å²) in [5.41, 5.74) is 1.11. The molecule has 0 radical (unpaired) electrons. The highest BCUT2D eigenvalue weighted by molar-refractivity contribution is 5.83. The van der Waals surface area contributed by atoms with Crippen LogP contribution in [-0.4, -0.2) is 45.2 Å². The number of ether oxygens (including phenoxy) is 1. The lowest BCUT2D eigenvalue weighted by Crippen LogP contribution is -2.40. The van der Waals surface area contributed by atoms with Gasteiger partial charge in [0.1, 0.15) is 17.9 Å². The van der Waals surface area contributed by atoms with E-state index in [9.17, 15) is 4.79 Å². The Morgan fingerprint density at radius 1 is 1.38 bits per heavy atom. The van der Waals surface area contributed by atoms with Crippen molar-refractivity contribution in [3.63, 3.8) is 0 Å². The van der Waals surface area contributed by atoms with Crippen LogP contribution in [0.3, 0.4) is 0 Å². The highest BCUT2D eigenvalue weighted by Crippen LogP contribution is 2.31. The van der Waals surface area contributed by atoms with Gasteiger partial charge in [-0.15, -0.1) is 0 Å². The third-order valence-corrected chi connectivity index (χ3v) is 4.24. The van der Waals surface area contributed by atoms with E-state index < -0.39 is 0 Å². The summed E-state index contributed by atoms with van der Waals surface area (Å²) in [6, 6.07) is 7.85. The van der Waals surface area contributed by atoms with E-state index in [-0.39, 0.29) is 17.9 Å². The van der Waals surface area contributed by atoms with Crippen LogP contribution in [0.1, 0.15) is 23.7 Å². The number of aromatic nitrogens is 3. The number of H-pyrrole nitrogens is 1. The van der Waals surface area contributed by atoms with Crippen LogP contribution in [0.15, 0.2) is 30.6 Å². The molecular formula is C15H16N4O2. The largest absolute Gasteiger partial charge is 0.480 e. The van der Waals surface area contributed by atoms with Crippen LogP contribution in [0.25, 0.3) is 0 Å². The lowest BCUT2D eigenvalue weighted by atomic mass is 10.1. The van der Waals surface area contributed by atoms with Gasteiger partial charge in [0.25, 0.3) is 5.91 Å². The molecule has 0 saturated carbocycles. The van der Waals surface area contributed by atoms with Crippen molar-refractivity contribution in [2.24, 2.45) is 0 Å². The molecule has 108 valence electrons. The SMILES string of the molecule is O=C(C1Cc2ccccc2O1)N1CCC(c2ncn[nH]2)C1. The zero-order valence-electron chi connectivity index (χ0n) is 11.5. The smallest absolute Gasteiger partial charge is 0.264 e. The number of hydrogen-bond acceptors (Lipinski definition) is 4. The van der Waals surface area contributed by atoms with E-state index in [4.69, 9.17) is 4.74 Å². The van der Waals surface area contributed by atoms with E-state index in [1.54, 1.807) is 0 Å². The molecule has 4 rings (SSSR count). The molecule has 2 unspecified atom stereocenters. The molecule has 1 aromatic carbocycles. The summed E-state index contributed by atoms with van der Waals surface area (Å²) in [6.07, 6.45) is 2.71. The first kappa shape index (κ1) is 12.4. The summed E-state index contributed by atoms with van der Waals surface area (Å²) in [5, 5.41) is 6.77. The molecule has 1 aromatic heterocycles. The standard InChI is InChI=1S/C15H16N4O2/c20-15(13-7-10-3-1-2-4-12(10)21-13)19-6-5-11(8-19)14-16-9-17-18-14/h1-4,9,11,13H,5-8H2,(H,16,17,18). The van der Waals surface area contributed by atoms with Crippen molar-refractivity contribution < 1.29 is 9.53 Å². The van der Waals surface area contributed by atoms with Crippen LogP contribution >= 0.6 is 0 Å². The number of carbonyl (C=O) groups excluding carboxylic acids is 1. The number of nitrogens with zero attached hydrogens (tertiary/aromatic N) is 3. The predicted octanol–water partition coefficient (Wildman–Crippen LogP) is 1.12. The average molecular weight is 284 g/mol. The van der Waals surface area contributed by atoms with Crippen molar-refractivity contribution in [1.82, 2.24) is 20.1 Å². The van der Waals surface area contributed by atoms with Crippen LogP contribution in [0.4, 0.5) is 0 Å². The second-order valence-corrected chi connectivity index (χ2v) is 5.56. The molecule has 2 aromatic rings. The lowest BCUT2D eigenvalue weighted by Gasteiger charge is -2.20. The van der Waals surface area contributed by atoms with E-state index in [2.05, 4.69) is 15.2 Å². The van der Waals surface area contributed by atoms with Gasteiger partial charge >= 0.3 is 0 Å². The minimum atomic E-state index is -0.379. The molecule has 1 fully saturated rings. The number of fused-ring (bicyclic) bond motifs is 1. The molecule has 21 heavy (non-hydrogen) atoms. The molecule has 6 nitrogen and oxygen atoms in total. The Hall–Kier alpha value is -2.37. The van der Waals surface area contributed by atoms with Gasteiger partial charge in [0, 0.05) is 25.4 Å². The van der Waals surface area contributed by atoms with Crippen LogP contribution in [0, 0.1) is 0 Å². The Morgan fingerprint density at radius 3 is 3.10 bits per heavy atom. The number of hydrogen-bond donors (Lipinski definition) is 1. The summed E-state index contributed by atoms with van der Waals surface area (Å²) in [4.78, 5) is 18.7. The second kappa shape index (κ2) is 4.87. The highest BCUT2D eigenvalue weighted by atomic mass is 16.5. The number of carbonyl (C=O) groups is 1. The number of likely N-dealkylation sites (tertiary alicyclic amines) is 1. The first-order chi connectivity index (χ1) is 10.3. The number of para-hydroxylation sites is 1. The maximum absolute atomic E-state index is 12.6. The number of benzene rings is 1. The zero-order chi connectivity index (χ0) is 14.2. The zero-order valence-corrected chi connectivity index (χ0v) is 11.5. The number of rotatable bonds is 2. The van der Waals surface area contributed by atoms with Crippen LogP contribution in [0.5, 0.6) is 5.75 Å². The van der Waals surface area contributed by atoms with Crippen molar-refractivity contribution in [1.29, 1.82) is 0 Å². The summed E-state index contributed by atoms with van der Waals surface area (Å²) in [6.45, 7) is 1.44. The minimum Gasteiger partial charge on any atom is -0.480 e. The Morgan fingerprint density at radius 2 is 2.29 bits per heavy atom. The van der Waals surface area contributed by atoms with Crippen molar-refractivity contribution in [2.75, 3.05) is 13.1 Å². The molecule has 2 aliphatic heterocycles. The molecule has 0 bridgehead atoms. The monoisotopic (exact) mass is 284 g/mol. The molecular weight excluding hydrogens is 268 g/mol. The summed E-state index contributed by atoms with van der Waals surface area (Å²) in [5.74, 6) is 2.02. The van der Waals surface area contributed by atoms with Gasteiger partial charge in [0.05, 0.1) is 0 Å². The van der Waals surface area contributed by atoms with E-state index in [0.717, 1.165) is 30.1 Å². The molecule has 3 heterocycles. The molecule has 0 aliphatic carbocycles. The fourth-order valence-electron chi connectivity index (χ4n) is 3.12. The number of amides is 1. The van der Waals surface area contributed by atoms with Crippen LogP contribution in [0.2, 0.25) is 0 Å². The van der Waals surface area contributed by atoms with Gasteiger partial charge in [-0.1, -0.05) is 18.2 Å². The van der Waals surface area contributed by atoms with Gasteiger partial charge in [-0.05, 0) is 18.1 Å².